The molecule has 0 saturated heterocycles. The van der Waals surface area contributed by atoms with E-state index in [-0.39, 0.29) is 13.2 Å². The van der Waals surface area contributed by atoms with Gasteiger partial charge in [-0.15, -0.1) is 0 Å². The van der Waals surface area contributed by atoms with Crippen molar-refractivity contribution in [2.24, 2.45) is 0 Å². The average molecular weight is 348 g/mol. The lowest BCUT2D eigenvalue weighted by Crippen LogP contribution is -2.49. The SMILES string of the molecule is COCCOCCNC(=O)C(CC(=O)O)NC(=O)CC([NH])C(=O)O. The van der Waals surface area contributed by atoms with Crippen molar-refractivity contribution < 1.29 is 38.9 Å². The minimum absolute atomic E-state index is 0.102. The number of carboxylic acid groups (broad SMARTS) is 2. The molecule has 11 nitrogen and oxygen atoms in total. The third kappa shape index (κ3) is 10.5. The molecule has 5 N–H and O–H groups in total. The lowest BCUT2D eigenvalue weighted by Gasteiger charge is -2.17. The van der Waals surface area contributed by atoms with E-state index < -0.39 is 48.7 Å². The topological polar surface area (TPSA) is 175 Å². The van der Waals surface area contributed by atoms with Crippen molar-refractivity contribution in [1.82, 2.24) is 16.4 Å². The summed E-state index contributed by atoms with van der Waals surface area (Å²) in [6.45, 7) is 1.01. The second-order valence-corrected chi connectivity index (χ2v) is 4.71. The summed E-state index contributed by atoms with van der Waals surface area (Å²) < 4.78 is 9.87. The predicted octanol–water partition coefficient (Wildman–Crippen LogP) is -2.15. The van der Waals surface area contributed by atoms with Crippen LogP contribution in [0.5, 0.6) is 0 Å². The van der Waals surface area contributed by atoms with E-state index in [1.165, 1.54) is 7.11 Å². The van der Waals surface area contributed by atoms with Crippen LogP contribution in [0, 0.1) is 0 Å². The monoisotopic (exact) mass is 348 g/mol. The quantitative estimate of drug-likeness (QED) is 0.272. The fourth-order valence-corrected chi connectivity index (χ4v) is 1.52. The third-order valence-corrected chi connectivity index (χ3v) is 2.70. The average Bonchev–Trinajstić information content (AvgIpc) is 2.49. The summed E-state index contributed by atoms with van der Waals surface area (Å²) >= 11 is 0. The first kappa shape index (κ1) is 21.8. The van der Waals surface area contributed by atoms with E-state index in [4.69, 9.17) is 25.4 Å². The molecule has 0 aliphatic rings. The molecule has 0 heterocycles. The van der Waals surface area contributed by atoms with Gasteiger partial charge in [-0.05, 0) is 0 Å². The standard InChI is InChI=1S/C13H22N3O8/c1-23-4-5-24-3-2-15-12(20)9(7-11(18)19)16-10(17)6-8(14)13(21)22/h8-9,14H,2-7H2,1H3,(H,15,20)(H,16,17)(H,18,19)(H,21,22). The van der Waals surface area contributed by atoms with Gasteiger partial charge in [0.05, 0.1) is 32.7 Å². The molecule has 2 unspecified atom stereocenters. The van der Waals surface area contributed by atoms with Crippen molar-refractivity contribution in [2.75, 3.05) is 33.5 Å². The Hall–Kier alpha value is -2.24. The molecular formula is C13H22N3O8. The number of ether oxygens (including phenoxy) is 2. The van der Waals surface area contributed by atoms with Gasteiger partial charge < -0.3 is 30.3 Å². The molecule has 137 valence electrons. The number of methoxy groups -OCH3 is 1. The van der Waals surface area contributed by atoms with Crippen molar-refractivity contribution in [2.45, 2.75) is 24.9 Å². The van der Waals surface area contributed by atoms with Crippen LogP contribution in [0.3, 0.4) is 0 Å². The maximum absolute atomic E-state index is 11.9. The Balaban J connectivity index is 4.37. The van der Waals surface area contributed by atoms with Crippen LogP contribution in [0.15, 0.2) is 0 Å². The van der Waals surface area contributed by atoms with E-state index in [1.807, 2.05) is 0 Å². The summed E-state index contributed by atoms with van der Waals surface area (Å²) in [5.74, 6) is -4.43. The van der Waals surface area contributed by atoms with Crippen LogP contribution < -0.4 is 16.4 Å². The van der Waals surface area contributed by atoms with Gasteiger partial charge >= 0.3 is 11.9 Å². The first-order valence-electron chi connectivity index (χ1n) is 7.07. The minimum Gasteiger partial charge on any atom is -0.481 e. The van der Waals surface area contributed by atoms with E-state index in [2.05, 4.69) is 10.6 Å². The highest BCUT2D eigenvalue weighted by Crippen LogP contribution is 1.97. The van der Waals surface area contributed by atoms with Crippen molar-refractivity contribution >= 4 is 23.8 Å². The molecule has 24 heavy (non-hydrogen) atoms. The van der Waals surface area contributed by atoms with Crippen LogP contribution in [0.1, 0.15) is 12.8 Å². The number of rotatable bonds is 13. The lowest BCUT2D eigenvalue weighted by atomic mass is 10.1. The molecule has 0 saturated carbocycles. The molecular weight excluding hydrogens is 326 g/mol. The zero-order valence-electron chi connectivity index (χ0n) is 13.2. The van der Waals surface area contributed by atoms with Crippen LogP contribution in [0.2, 0.25) is 0 Å². The zero-order valence-corrected chi connectivity index (χ0v) is 13.2. The van der Waals surface area contributed by atoms with E-state index in [0.29, 0.717) is 13.2 Å². The Morgan fingerprint density at radius 3 is 2.29 bits per heavy atom. The van der Waals surface area contributed by atoms with Crippen molar-refractivity contribution in [3.05, 3.63) is 0 Å². The van der Waals surface area contributed by atoms with Gasteiger partial charge in [-0.2, -0.15) is 0 Å². The molecule has 0 fully saturated rings. The molecule has 2 atom stereocenters. The van der Waals surface area contributed by atoms with Crippen LogP contribution in [-0.4, -0.2) is 79.5 Å². The number of hydrogen-bond acceptors (Lipinski definition) is 6. The molecule has 0 bridgehead atoms. The highest BCUT2D eigenvalue weighted by Gasteiger charge is 2.25. The summed E-state index contributed by atoms with van der Waals surface area (Å²) in [6.07, 6.45) is -1.35. The van der Waals surface area contributed by atoms with Crippen molar-refractivity contribution in [1.29, 1.82) is 0 Å². The summed E-state index contributed by atoms with van der Waals surface area (Å²) in [7, 11) is 1.51. The predicted molar refractivity (Wildman–Crippen MR) is 79.0 cm³/mol. The number of aliphatic carboxylic acids is 2. The number of carboxylic acids is 2. The van der Waals surface area contributed by atoms with E-state index in [0.717, 1.165) is 0 Å². The molecule has 1 radical (unpaired) electrons. The van der Waals surface area contributed by atoms with Gasteiger partial charge in [0.2, 0.25) is 11.8 Å². The van der Waals surface area contributed by atoms with Gasteiger partial charge in [0.15, 0.2) is 0 Å². The molecule has 0 aromatic rings. The largest absolute Gasteiger partial charge is 0.481 e. The first-order chi connectivity index (χ1) is 11.3. The number of hydrogen-bond donors (Lipinski definition) is 4. The zero-order chi connectivity index (χ0) is 18.5. The summed E-state index contributed by atoms with van der Waals surface area (Å²) in [5, 5.41) is 21.9. The van der Waals surface area contributed by atoms with Gasteiger partial charge in [-0.1, -0.05) is 0 Å². The number of carbonyl (C=O) groups excluding carboxylic acids is 2. The summed E-state index contributed by atoms with van der Waals surface area (Å²) in [4.78, 5) is 44.8. The number of nitrogens with one attached hydrogen (secondary N) is 3. The van der Waals surface area contributed by atoms with Crippen LogP contribution in [0.25, 0.3) is 0 Å². The maximum Gasteiger partial charge on any atom is 0.322 e. The normalized spacial score (nSPS) is 12.9. The molecule has 0 aliphatic carbocycles. The number of amides is 2. The van der Waals surface area contributed by atoms with E-state index in [1.54, 1.807) is 0 Å². The van der Waals surface area contributed by atoms with Crippen molar-refractivity contribution in [3.8, 4) is 0 Å². The molecule has 2 amide bonds. The third-order valence-electron chi connectivity index (χ3n) is 2.70. The molecule has 11 heteroatoms. The Bertz CT molecular complexity index is 443. The molecule has 0 aromatic heterocycles. The second kappa shape index (κ2) is 12.2. The second-order valence-electron chi connectivity index (χ2n) is 4.71. The molecule has 0 aliphatic heterocycles. The highest BCUT2D eigenvalue weighted by atomic mass is 16.5. The van der Waals surface area contributed by atoms with E-state index in [9.17, 15) is 19.2 Å². The first-order valence-corrected chi connectivity index (χ1v) is 7.07. The maximum atomic E-state index is 11.9. The molecule has 0 spiro atoms. The minimum atomic E-state index is -1.69. The molecule has 0 aromatic carbocycles. The number of carbonyl (C=O) groups is 4. The smallest absolute Gasteiger partial charge is 0.322 e. The van der Waals surface area contributed by atoms with Crippen LogP contribution >= 0.6 is 0 Å². The van der Waals surface area contributed by atoms with Gasteiger partial charge in [-0.3, -0.25) is 19.2 Å². The molecule has 0 rings (SSSR count). The fourth-order valence-electron chi connectivity index (χ4n) is 1.52. The van der Waals surface area contributed by atoms with Crippen molar-refractivity contribution in [3.63, 3.8) is 0 Å². The van der Waals surface area contributed by atoms with Gasteiger partial charge in [-0.25, -0.2) is 5.73 Å². The summed E-state index contributed by atoms with van der Waals surface area (Å²) in [5.41, 5.74) is 7.14. The Morgan fingerprint density at radius 2 is 1.75 bits per heavy atom. The van der Waals surface area contributed by atoms with Crippen LogP contribution in [-0.2, 0) is 28.7 Å². The Morgan fingerprint density at radius 1 is 1.08 bits per heavy atom. The van der Waals surface area contributed by atoms with Crippen LogP contribution in [0.4, 0.5) is 0 Å². The van der Waals surface area contributed by atoms with Gasteiger partial charge in [0.1, 0.15) is 12.1 Å². The van der Waals surface area contributed by atoms with Gasteiger partial charge in [0, 0.05) is 13.7 Å². The summed E-state index contributed by atoms with van der Waals surface area (Å²) in [6, 6.07) is -3.05. The van der Waals surface area contributed by atoms with Gasteiger partial charge in [0.25, 0.3) is 0 Å². The highest BCUT2D eigenvalue weighted by molar-refractivity contribution is 5.92. The fraction of sp³-hybridized carbons (Fsp3) is 0.692. The lowest BCUT2D eigenvalue weighted by molar-refractivity contribution is -0.142. The Kier molecular flexibility index (Phi) is 11.1. The Labute approximate surface area is 138 Å². The van der Waals surface area contributed by atoms with E-state index >= 15 is 0 Å².